The van der Waals surface area contributed by atoms with Gasteiger partial charge in [0.2, 0.25) is 6.10 Å². The number of amides is 1. The molecule has 10 heteroatoms. The Labute approximate surface area is 156 Å². The summed E-state index contributed by atoms with van der Waals surface area (Å²) >= 11 is 0. The molecule has 28 heavy (non-hydrogen) atoms. The van der Waals surface area contributed by atoms with Gasteiger partial charge in [-0.2, -0.15) is 18.3 Å². The van der Waals surface area contributed by atoms with Crippen LogP contribution < -0.4 is 0 Å². The highest BCUT2D eigenvalue weighted by atomic mass is 19.4. The summed E-state index contributed by atoms with van der Waals surface area (Å²) in [6, 6.07) is 7.69. The number of carbonyl (C=O) groups is 1. The molecule has 2 heterocycles. The second-order valence-electron chi connectivity index (χ2n) is 6.99. The first-order valence-electron chi connectivity index (χ1n) is 8.67. The minimum Gasteiger partial charge on any atom is -0.434 e. The van der Waals surface area contributed by atoms with Crippen molar-refractivity contribution in [3.05, 3.63) is 48.0 Å². The van der Waals surface area contributed by atoms with Gasteiger partial charge in [-0.25, -0.2) is 18.3 Å². The second kappa shape index (κ2) is 6.75. The van der Waals surface area contributed by atoms with Crippen LogP contribution in [0.25, 0.3) is 5.69 Å². The van der Waals surface area contributed by atoms with Crippen LogP contribution in [0.1, 0.15) is 11.6 Å². The Bertz CT molecular complexity index is 855. The average molecular weight is 401 g/mol. The number of ether oxygens (including phenoxy) is 1. The number of fused-ring (bicyclic) bond motifs is 1. The number of likely N-dealkylation sites (tertiary alicyclic amines) is 1. The molecule has 2 aromatic rings. The monoisotopic (exact) mass is 401 g/mol. The minimum absolute atomic E-state index is 0.0823. The highest BCUT2D eigenvalue weighted by molar-refractivity contribution is 5.69. The highest BCUT2D eigenvalue weighted by Crippen LogP contribution is 2.57. The predicted molar refractivity (Wildman–Crippen MR) is 87.1 cm³/mol. The standard InChI is InChI=1S/C18H16F5N3O2/c19-7-15(18(21,22)23)28-17(27)25-8-12-13(9-25)16(12)14-5-6-26(24-14)11-3-1-10(20)2-4-11/h1-6,12-13,15-16H,7-9H2. The molecule has 1 saturated heterocycles. The lowest BCUT2D eigenvalue weighted by Crippen LogP contribution is -2.41. The van der Waals surface area contributed by atoms with E-state index in [1.165, 1.54) is 17.0 Å². The first-order chi connectivity index (χ1) is 13.3. The van der Waals surface area contributed by atoms with Gasteiger partial charge in [0, 0.05) is 25.2 Å². The number of carbonyl (C=O) groups excluding carboxylic acids is 1. The normalized spacial score (nSPS) is 24.8. The van der Waals surface area contributed by atoms with E-state index in [1.807, 2.05) is 6.07 Å². The molecule has 4 rings (SSSR count). The Kier molecular flexibility index (Phi) is 4.51. The van der Waals surface area contributed by atoms with Gasteiger partial charge in [-0.15, -0.1) is 0 Å². The summed E-state index contributed by atoms with van der Waals surface area (Å²) in [7, 11) is 0. The fourth-order valence-corrected chi connectivity index (χ4v) is 3.75. The van der Waals surface area contributed by atoms with Crippen molar-refractivity contribution in [1.29, 1.82) is 0 Å². The Balaban J connectivity index is 1.35. The van der Waals surface area contributed by atoms with Crippen molar-refractivity contribution in [2.45, 2.75) is 18.2 Å². The smallest absolute Gasteiger partial charge is 0.428 e. The van der Waals surface area contributed by atoms with E-state index in [-0.39, 0.29) is 36.7 Å². The molecule has 150 valence electrons. The third-order valence-electron chi connectivity index (χ3n) is 5.24. The van der Waals surface area contributed by atoms with Crippen molar-refractivity contribution in [3.8, 4) is 5.69 Å². The zero-order chi connectivity index (χ0) is 20.1. The van der Waals surface area contributed by atoms with E-state index in [2.05, 4.69) is 9.84 Å². The van der Waals surface area contributed by atoms with Gasteiger partial charge in [0.25, 0.3) is 0 Å². The average Bonchev–Trinajstić information content (AvgIpc) is 3.04. The SMILES string of the molecule is O=C(OC(CF)C(F)(F)F)N1CC2C(C1)C2c1ccn(-c2ccc(F)cc2)n1. The van der Waals surface area contributed by atoms with Crippen molar-refractivity contribution in [2.24, 2.45) is 11.8 Å². The van der Waals surface area contributed by atoms with Gasteiger partial charge in [-0.3, -0.25) is 0 Å². The molecule has 3 unspecified atom stereocenters. The van der Waals surface area contributed by atoms with E-state index >= 15 is 0 Å². The van der Waals surface area contributed by atoms with Crippen LogP contribution in [-0.4, -0.2) is 52.8 Å². The van der Waals surface area contributed by atoms with Gasteiger partial charge in [0.15, 0.2) is 0 Å². The van der Waals surface area contributed by atoms with Gasteiger partial charge < -0.3 is 9.64 Å². The van der Waals surface area contributed by atoms with Crippen LogP contribution in [-0.2, 0) is 4.74 Å². The molecule has 3 atom stereocenters. The van der Waals surface area contributed by atoms with E-state index in [9.17, 15) is 26.7 Å². The van der Waals surface area contributed by atoms with Crippen molar-refractivity contribution < 1.29 is 31.5 Å². The number of alkyl halides is 4. The van der Waals surface area contributed by atoms with Crippen molar-refractivity contribution in [1.82, 2.24) is 14.7 Å². The topological polar surface area (TPSA) is 47.4 Å². The number of hydrogen-bond donors (Lipinski definition) is 0. The fraction of sp³-hybridized carbons (Fsp3) is 0.444. The van der Waals surface area contributed by atoms with Crippen LogP contribution in [0.5, 0.6) is 0 Å². The number of aromatic nitrogens is 2. The molecule has 0 spiro atoms. The molecule has 1 aliphatic heterocycles. The Morgan fingerprint density at radius 2 is 1.82 bits per heavy atom. The summed E-state index contributed by atoms with van der Waals surface area (Å²) in [5.41, 5.74) is 1.51. The largest absolute Gasteiger partial charge is 0.434 e. The molecule has 1 aromatic carbocycles. The molecule has 1 aliphatic carbocycles. The van der Waals surface area contributed by atoms with Crippen molar-refractivity contribution >= 4 is 6.09 Å². The minimum atomic E-state index is -4.93. The van der Waals surface area contributed by atoms with E-state index in [0.29, 0.717) is 5.69 Å². The van der Waals surface area contributed by atoms with Crippen LogP contribution >= 0.6 is 0 Å². The summed E-state index contributed by atoms with van der Waals surface area (Å²) < 4.78 is 69.0. The van der Waals surface area contributed by atoms with Gasteiger partial charge in [-0.1, -0.05) is 0 Å². The number of halogens is 5. The Morgan fingerprint density at radius 1 is 1.18 bits per heavy atom. The molecule has 0 N–H and O–H groups in total. The summed E-state index contributed by atoms with van der Waals surface area (Å²) in [4.78, 5) is 13.1. The number of piperidine rings is 1. The number of nitrogens with zero attached hydrogens (tertiary/aromatic N) is 3. The third kappa shape index (κ3) is 3.43. The van der Waals surface area contributed by atoms with Crippen LogP contribution in [0, 0.1) is 17.7 Å². The highest BCUT2D eigenvalue weighted by Gasteiger charge is 2.59. The quantitative estimate of drug-likeness (QED) is 0.735. The summed E-state index contributed by atoms with van der Waals surface area (Å²) in [5.74, 6) is -0.0802. The first kappa shape index (κ1) is 18.7. The van der Waals surface area contributed by atoms with Crippen LogP contribution in [0.3, 0.4) is 0 Å². The fourth-order valence-electron chi connectivity index (χ4n) is 3.75. The number of benzene rings is 1. The number of rotatable bonds is 4. The third-order valence-corrected chi connectivity index (χ3v) is 5.24. The summed E-state index contributed by atoms with van der Waals surface area (Å²) in [6.07, 6.45) is -7.07. The lowest BCUT2D eigenvalue weighted by atomic mass is 10.2. The summed E-state index contributed by atoms with van der Waals surface area (Å²) in [6.45, 7) is -1.32. The van der Waals surface area contributed by atoms with E-state index < -0.39 is 25.0 Å². The first-order valence-corrected chi connectivity index (χ1v) is 8.67. The van der Waals surface area contributed by atoms with Crippen molar-refractivity contribution in [3.63, 3.8) is 0 Å². The van der Waals surface area contributed by atoms with Gasteiger partial charge in [-0.05, 0) is 42.2 Å². The molecular formula is C18H16F5N3O2. The molecule has 1 amide bonds. The molecule has 0 bridgehead atoms. The van der Waals surface area contributed by atoms with Crippen LogP contribution in [0.15, 0.2) is 36.5 Å². The van der Waals surface area contributed by atoms with E-state index in [1.54, 1.807) is 23.0 Å². The van der Waals surface area contributed by atoms with Gasteiger partial charge in [0.1, 0.15) is 12.5 Å². The summed E-state index contributed by atoms with van der Waals surface area (Å²) in [5, 5.41) is 4.48. The van der Waals surface area contributed by atoms with E-state index in [4.69, 9.17) is 0 Å². The maximum atomic E-state index is 13.0. The molecule has 2 fully saturated rings. The molecule has 0 radical (unpaired) electrons. The van der Waals surface area contributed by atoms with Gasteiger partial charge >= 0.3 is 12.3 Å². The molecule has 1 aromatic heterocycles. The maximum Gasteiger partial charge on any atom is 0.428 e. The molecule has 5 nitrogen and oxygen atoms in total. The second-order valence-corrected chi connectivity index (χ2v) is 6.99. The Morgan fingerprint density at radius 3 is 2.39 bits per heavy atom. The maximum absolute atomic E-state index is 13.0. The lowest BCUT2D eigenvalue weighted by molar-refractivity contribution is -0.209. The van der Waals surface area contributed by atoms with Crippen LogP contribution in [0.4, 0.5) is 26.7 Å². The Hall–Kier alpha value is -2.65. The van der Waals surface area contributed by atoms with Crippen LogP contribution in [0.2, 0.25) is 0 Å². The predicted octanol–water partition coefficient (Wildman–Crippen LogP) is 3.69. The molecule has 1 saturated carbocycles. The zero-order valence-electron chi connectivity index (χ0n) is 14.4. The van der Waals surface area contributed by atoms with Crippen molar-refractivity contribution in [2.75, 3.05) is 19.8 Å². The molecule has 2 aliphatic rings. The van der Waals surface area contributed by atoms with Gasteiger partial charge in [0.05, 0.1) is 11.4 Å². The number of hydrogen-bond acceptors (Lipinski definition) is 3. The van der Waals surface area contributed by atoms with E-state index in [0.717, 1.165) is 5.69 Å². The zero-order valence-corrected chi connectivity index (χ0v) is 14.4. The molecular weight excluding hydrogens is 385 g/mol. The lowest BCUT2D eigenvalue weighted by Gasteiger charge is -2.23.